The Bertz CT molecular complexity index is 3240. The van der Waals surface area contributed by atoms with Crippen LogP contribution in [-0.2, 0) is 0 Å². The van der Waals surface area contributed by atoms with Crippen molar-refractivity contribution in [2.45, 2.75) is 0 Å². The number of nitrogens with zero attached hydrogens (tertiary/aromatic N) is 1. The summed E-state index contributed by atoms with van der Waals surface area (Å²) in [5.74, 6) is 0. The van der Waals surface area contributed by atoms with Gasteiger partial charge in [0.2, 0.25) is 0 Å². The highest BCUT2D eigenvalue weighted by Gasteiger charge is 2.22. The minimum absolute atomic E-state index is 0.862. The fourth-order valence-corrected chi connectivity index (χ4v) is 8.58. The van der Waals surface area contributed by atoms with Crippen LogP contribution in [0.1, 0.15) is 0 Å². The van der Waals surface area contributed by atoms with E-state index in [-0.39, 0.29) is 0 Å². The summed E-state index contributed by atoms with van der Waals surface area (Å²) < 4.78 is 6.81. The molecule has 0 atom stereocenters. The quantitative estimate of drug-likeness (QED) is 0.153. The number of furan rings is 1. The van der Waals surface area contributed by atoms with Crippen molar-refractivity contribution in [3.8, 4) is 55.6 Å². The van der Waals surface area contributed by atoms with E-state index in [4.69, 9.17) is 4.42 Å². The molecule has 0 aliphatic heterocycles. The Labute approximate surface area is 349 Å². The molecule has 0 saturated heterocycles. The Kier molecular flexibility index (Phi) is 8.87. The van der Waals surface area contributed by atoms with Gasteiger partial charge in [-0.25, -0.2) is 0 Å². The Balaban J connectivity index is 1.09. The molecule has 0 unspecified atom stereocenters. The number of benzene rings is 10. The van der Waals surface area contributed by atoms with E-state index in [0.717, 1.165) is 66.5 Å². The Morgan fingerprint density at radius 3 is 1.17 bits per heavy atom. The van der Waals surface area contributed by atoms with E-state index in [2.05, 4.69) is 241 Å². The molecular formula is C58H39NO. The van der Waals surface area contributed by atoms with Crippen LogP contribution in [0.3, 0.4) is 0 Å². The molecule has 0 aliphatic carbocycles. The predicted molar refractivity (Wildman–Crippen MR) is 253 cm³/mol. The molecule has 2 heteroatoms. The summed E-state index contributed by atoms with van der Waals surface area (Å²) in [5, 5.41) is 4.46. The monoisotopic (exact) mass is 765 g/mol. The van der Waals surface area contributed by atoms with Gasteiger partial charge in [0, 0.05) is 33.1 Å². The van der Waals surface area contributed by atoms with Gasteiger partial charge in [-0.3, -0.25) is 0 Å². The molecule has 0 aliphatic rings. The number of anilines is 3. The van der Waals surface area contributed by atoms with E-state index in [1.807, 2.05) is 0 Å². The summed E-state index contributed by atoms with van der Waals surface area (Å²) in [6.45, 7) is 0. The molecule has 0 amide bonds. The van der Waals surface area contributed by atoms with Crippen molar-refractivity contribution in [2.24, 2.45) is 0 Å². The largest absolute Gasteiger partial charge is 0.455 e. The van der Waals surface area contributed by atoms with E-state index in [0.29, 0.717) is 0 Å². The van der Waals surface area contributed by atoms with E-state index in [1.165, 1.54) is 38.9 Å². The molecule has 0 radical (unpaired) electrons. The first kappa shape index (κ1) is 35.2. The Hall–Kier alpha value is -7.94. The standard InChI is InChI=1S/C58H39NO/c1-4-12-40(13-5-1)43-20-22-45(23-21-43)47-30-35-51(36-31-47)59(50-33-28-46(29-34-50)42-16-8-3-9-17-42)56-38-55-53-37-32-48-18-10-11-19-52(48)58(53)60-57(55)39-54(56)49-26-24-44(25-27-49)41-14-6-2-7-15-41/h1-39H. The number of hydrogen-bond donors (Lipinski definition) is 0. The zero-order valence-electron chi connectivity index (χ0n) is 32.9. The highest BCUT2D eigenvalue weighted by atomic mass is 16.3. The van der Waals surface area contributed by atoms with Gasteiger partial charge in [0.05, 0.1) is 5.69 Å². The minimum Gasteiger partial charge on any atom is -0.455 e. The highest BCUT2D eigenvalue weighted by Crippen LogP contribution is 2.46. The lowest BCUT2D eigenvalue weighted by atomic mass is 9.96. The van der Waals surface area contributed by atoms with Crippen LogP contribution < -0.4 is 4.90 Å². The molecule has 2 nitrogen and oxygen atoms in total. The summed E-state index contributed by atoms with van der Waals surface area (Å²) in [5.41, 5.74) is 16.7. The van der Waals surface area contributed by atoms with Gasteiger partial charge in [0.1, 0.15) is 11.2 Å². The van der Waals surface area contributed by atoms with Crippen LogP contribution in [0.4, 0.5) is 17.1 Å². The molecule has 60 heavy (non-hydrogen) atoms. The number of rotatable bonds is 8. The van der Waals surface area contributed by atoms with Crippen molar-refractivity contribution < 1.29 is 4.42 Å². The van der Waals surface area contributed by atoms with Crippen LogP contribution in [0.25, 0.3) is 88.3 Å². The van der Waals surface area contributed by atoms with Crippen LogP contribution in [0.5, 0.6) is 0 Å². The summed E-state index contributed by atoms with van der Waals surface area (Å²) in [7, 11) is 0. The lowest BCUT2D eigenvalue weighted by Crippen LogP contribution is -2.11. The van der Waals surface area contributed by atoms with Gasteiger partial charge in [-0.15, -0.1) is 0 Å². The fourth-order valence-electron chi connectivity index (χ4n) is 8.58. The van der Waals surface area contributed by atoms with E-state index in [1.54, 1.807) is 0 Å². The van der Waals surface area contributed by atoms with Crippen molar-refractivity contribution in [3.63, 3.8) is 0 Å². The minimum atomic E-state index is 0.862. The molecule has 0 N–H and O–H groups in total. The Morgan fingerprint density at radius 1 is 0.283 bits per heavy atom. The predicted octanol–water partition coefficient (Wildman–Crippen LogP) is 16.5. The summed E-state index contributed by atoms with van der Waals surface area (Å²) >= 11 is 0. The second-order valence-electron chi connectivity index (χ2n) is 15.3. The molecule has 10 aromatic carbocycles. The molecular weight excluding hydrogens is 727 g/mol. The van der Waals surface area contributed by atoms with Crippen LogP contribution in [-0.4, -0.2) is 0 Å². The van der Waals surface area contributed by atoms with Crippen molar-refractivity contribution in [1.82, 2.24) is 0 Å². The van der Waals surface area contributed by atoms with Gasteiger partial charge in [-0.05, 0) is 97.9 Å². The van der Waals surface area contributed by atoms with Crippen LogP contribution in [0.15, 0.2) is 241 Å². The van der Waals surface area contributed by atoms with E-state index < -0.39 is 0 Å². The first-order chi connectivity index (χ1) is 29.7. The second-order valence-corrected chi connectivity index (χ2v) is 15.3. The molecule has 0 saturated carbocycles. The molecule has 0 fully saturated rings. The van der Waals surface area contributed by atoms with Gasteiger partial charge < -0.3 is 9.32 Å². The zero-order valence-corrected chi connectivity index (χ0v) is 32.9. The third-order valence-corrected chi connectivity index (χ3v) is 11.7. The number of fused-ring (bicyclic) bond motifs is 5. The van der Waals surface area contributed by atoms with Crippen molar-refractivity contribution in [3.05, 3.63) is 237 Å². The van der Waals surface area contributed by atoms with Crippen LogP contribution in [0, 0.1) is 0 Å². The third kappa shape index (κ3) is 6.51. The highest BCUT2D eigenvalue weighted by molar-refractivity contribution is 6.17. The van der Waals surface area contributed by atoms with Crippen molar-refractivity contribution in [1.29, 1.82) is 0 Å². The van der Waals surface area contributed by atoms with Crippen molar-refractivity contribution >= 4 is 49.8 Å². The normalized spacial score (nSPS) is 11.3. The van der Waals surface area contributed by atoms with Crippen LogP contribution in [0.2, 0.25) is 0 Å². The first-order valence-electron chi connectivity index (χ1n) is 20.5. The molecule has 0 spiro atoms. The maximum atomic E-state index is 6.81. The average molecular weight is 766 g/mol. The SMILES string of the molecule is c1ccc(-c2ccc(-c3ccc(N(c4ccc(-c5ccccc5)cc4)c4cc5c(cc4-c4ccc(-c6ccccc6)cc4)oc4c6ccccc6ccc54)cc3)cc2)cc1. The summed E-state index contributed by atoms with van der Waals surface area (Å²) in [6, 6.07) is 84.8. The fraction of sp³-hybridized carbons (Fsp3) is 0. The summed E-state index contributed by atoms with van der Waals surface area (Å²) in [4.78, 5) is 2.40. The second kappa shape index (κ2) is 15.1. The molecule has 1 heterocycles. The Morgan fingerprint density at radius 2 is 0.683 bits per heavy atom. The molecule has 282 valence electrons. The third-order valence-electron chi connectivity index (χ3n) is 11.7. The molecule has 11 aromatic rings. The number of hydrogen-bond acceptors (Lipinski definition) is 2. The molecule has 11 rings (SSSR count). The summed E-state index contributed by atoms with van der Waals surface area (Å²) in [6.07, 6.45) is 0. The average Bonchev–Trinajstić information content (AvgIpc) is 3.71. The molecule has 1 aromatic heterocycles. The lowest BCUT2D eigenvalue weighted by molar-refractivity contribution is 0.673. The van der Waals surface area contributed by atoms with E-state index >= 15 is 0 Å². The lowest BCUT2D eigenvalue weighted by Gasteiger charge is -2.28. The van der Waals surface area contributed by atoms with E-state index in [9.17, 15) is 0 Å². The van der Waals surface area contributed by atoms with Crippen LogP contribution >= 0.6 is 0 Å². The first-order valence-corrected chi connectivity index (χ1v) is 20.5. The van der Waals surface area contributed by atoms with Gasteiger partial charge in [0.25, 0.3) is 0 Å². The zero-order chi connectivity index (χ0) is 39.8. The topological polar surface area (TPSA) is 16.4 Å². The van der Waals surface area contributed by atoms with Gasteiger partial charge in [-0.1, -0.05) is 194 Å². The van der Waals surface area contributed by atoms with Gasteiger partial charge in [0.15, 0.2) is 0 Å². The van der Waals surface area contributed by atoms with Gasteiger partial charge >= 0.3 is 0 Å². The van der Waals surface area contributed by atoms with Crippen molar-refractivity contribution in [2.75, 3.05) is 4.90 Å². The van der Waals surface area contributed by atoms with Gasteiger partial charge in [-0.2, -0.15) is 0 Å². The smallest absolute Gasteiger partial charge is 0.143 e. The maximum absolute atomic E-state index is 6.81. The molecule has 0 bridgehead atoms. The maximum Gasteiger partial charge on any atom is 0.143 e.